The van der Waals surface area contributed by atoms with Gasteiger partial charge < -0.3 is 15.1 Å². The van der Waals surface area contributed by atoms with Crippen LogP contribution < -0.4 is 10.2 Å². The molecule has 1 N–H and O–H groups in total. The lowest BCUT2D eigenvalue weighted by Gasteiger charge is -2.31. The van der Waals surface area contributed by atoms with Crippen LogP contribution in [0.4, 0.5) is 5.82 Å². The molecule has 6 nitrogen and oxygen atoms in total. The fourth-order valence-electron chi connectivity index (χ4n) is 3.60. The van der Waals surface area contributed by atoms with Crippen LogP contribution in [0.25, 0.3) is 0 Å². The van der Waals surface area contributed by atoms with Crippen molar-refractivity contribution in [2.75, 3.05) is 11.4 Å². The summed E-state index contributed by atoms with van der Waals surface area (Å²) >= 11 is 0. The van der Waals surface area contributed by atoms with Crippen molar-refractivity contribution in [3.63, 3.8) is 0 Å². The third-order valence-electron chi connectivity index (χ3n) is 5.18. The molecule has 0 bridgehead atoms. The van der Waals surface area contributed by atoms with Gasteiger partial charge in [-0.2, -0.15) is 0 Å². The van der Waals surface area contributed by atoms with Gasteiger partial charge in [0.2, 0.25) is 6.10 Å². The zero-order valence-corrected chi connectivity index (χ0v) is 15.5. The smallest absolute Gasteiger partial charge is 0.264 e. The summed E-state index contributed by atoms with van der Waals surface area (Å²) in [6.07, 6.45) is 3.69. The number of oxime groups is 1. The van der Waals surface area contributed by atoms with Crippen molar-refractivity contribution in [3.05, 3.63) is 59.3 Å². The molecule has 1 aromatic heterocycles. The minimum Gasteiger partial charge on any atom is -0.382 e. The summed E-state index contributed by atoms with van der Waals surface area (Å²) < 4.78 is 0. The maximum absolute atomic E-state index is 12.4. The van der Waals surface area contributed by atoms with E-state index >= 15 is 0 Å². The van der Waals surface area contributed by atoms with Gasteiger partial charge in [-0.25, -0.2) is 4.98 Å². The van der Waals surface area contributed by atoms with Crippen molar-refractivity contribution in [1.82, 2.24) is 10.3 Å². The van der Waals surface area contributed by atoms with Crippen LogP contribution >= 0.6 is 0 Å². The predicted molar refractivity (Wildman–Crippen MR) is 104 cm³/mol. The van der Waals surface area contributed by atoms with Crippen molar-refractivity contribution in [2.45, 2.75) is 45.4 Å². The van der Waals surface area contributed by atoms with E-state index in [0.717, 1.165) is 43.0 Å². The molecule has 6 heteroatoms. The molecule has 1 atom stereocenters. The number of hydrogen-bond donors (Lipinski definition) is 1. The number of carbonyl (C=O) groups excluding carboxylic acids is 1. The lowest BCUT2D eigenvalue weighted by atomic mass is 9.99. The molecule has 1 amide bonds. The lowest BCUT2D eigenvalue weighted by molar-refractivity contribution is -0.131. The van der Waals surface area contributed by atoms with E-state index < -0.39 is 6.10 Å². The summed E-state index contributed by atoms with van der Waals surface area (Å²) in [4.78, 5) is 24.5. The first-order valence-electron chi connectivity index (χ1n) is 9.49. The van der Waals surface area contributed by atoms with Crippen LogP contribution in [0, 0.1) is 0 Å². The van der Waals surface area contributed by atoms with E-state index in [0.29, 0.717) is 13.0 Å². The topological polar surface area (TPSA) is 66.8 Å². The highest BCUT2D eigenvalue weighted by molar-refractivity contribution is 5.92. The Hall–Kier alpha value is -2.89. The molecule has 1 unspecified atom stereocenters. The normalized spacial score (nSPS) is 18.5. The fraction of sp³-hybridized carbons (Fsp3) is 0.381. The second-order valence-corrected chi connectivity index (χ2v) is 6.95. The average Bonchev–Trinajstić information content (AvgIpc) is 3.21. The summed E-state index contributed by atoms with van der Waals surface area (Å²) in [7, 11) is 0. The van der Waals surface area contributed by atoms with Crippen LogP contribution in [-0.4, -0.2) is 29.3 Å². The van der Waals surface area contributed by atoms with E-state index in [1.54, 1.807) is 0 Å². The van der Waals surface area contributed by atoms with Crippen LogP contribution in [-0.2, 0) is 29.1 Å². The van der Waals surface area contributed by atoms with E-state index in [1.807, 2.05) is 25.3 Å². The van der Waals surface area contributed by atoms with Gasteiger partial charge in [-0.15, -0.1) is 0 Å². The number of rotatable bonds is 5. The minimum atomic E-state index is -0.512. The van der Waals surface area contributed by atoms with Crippen molar-refractivity contribution in [1.29, 1.82) is 0 Å². The van der Waals surface area contributed by atoms with Crippen LogP contribution in [0.15, 0.2) is 47.8 Å². The first-order valence-corrected chi connectivity index (χ1v) is 9.49. The van der Waals surface area contributed by atoms with Gasteiger partial charge in [0, 0.05) is 37.8 Å². The highest BCUT2D eigenvalue weighted by atomic mass is 16.6. The van der Waals surface area contributed by atoms with Crippen molar-refractivity contribution in [2.24, 2.45) is 5.16 Å². The molecule has 0 spiro atoms. The van der Waals surface area contributed by atoms with Crippen molar-refractivity contribution < 1.29 is 9.63 Å². The Balaban J connectivity index is 1.42. The molecule has 0 aliphatic carbocycles. The van der Waals surface area contributed by atoms with Gasteiger partial charge in [0.15, 0.2) is 0 Å². The van der Waals surface area contributed by atoms with Crippen LogP contribution in [0.3, 0.4) is 0 Å². The number of nitrogens with one attached hydrogen (secondary N) is 1. The standard InChI is InChI=1S/C21H24N4O2/c1-2-18-12-19(27-24-18)21(26)23-13-16-8-5-10-22-20(16)25-11-9-15-6-3-4-7-17(15)14-25/h3-8,10,19H,2,9,11-14H2,1H3,(H,23,26). The molecule has 27 heavy (non-hydrogen) atoms. The number of nitrogens with zero attached hydrogens (tertiary/aromatic N) is 3. The Morgan fingerprint density at radius 2 is 2.11 bits per heavy atom. The molecule has 2 aromatic rings. The predicted octanol–water partition coefficient (Wildman–Crippen LogP) is 2.82. The third-order valence-corrected chi connectivity index (χ3v) is 5.18. The van der Waals surface area contributed by atoms with Crippen LogP contribution in [0.5, 0.6) is 0 Å². The molecular weight excluding hydrogens is 340 g/mol. The van der Waals surface area contributed by atoms with Gasteiger partial charge in [-0.05, 0) is 30.0 Å². The van der Waals surface area contributed by atoms with Crippen molar-refractivity contribution >= 4 is 17.4 Å². The van der Waals surface area contributed by atoms with E-state index in [1.165, 1.54) is 11.1 Å². The molecule has 1 aromatic carbocycles. The number of hydrogen-bond acceptors (Lipinski definition) is 5. The molecule has 2 aliphatic heterocycles. The maximum atomic E-state index is 12.4. The fourth-order valence-corrected chi connectivity index (χ4v) is 3.60. The number of aromatic nitrogens is 1. The number of amides is 1. The molecule has 2 aliphatic rings. The average molecular weight is 364 g/mol. The SMILES string of the molecule is CCC1=NOC(C(=O)NCc2cccnc2N2CCc3ccccc3C2)C1. The van der Waals surface area contributed by atoms with E-state index in [2.05, 4.69) is 44.6 Å². The van der Waals surface area contributed by atoms with Gasteiger partial charge in [0.1, 0.15) is 5.82 Å². The summed E-state index contributed by atoms with van der Waals surface area (Å²) in [5.41, 5.74) is 4.70. The number of fused-ring (bicyclic) bond motifs is 1. The monoisotopic (exact) mass is 364 g/mol. The first-order chi connectivity index (χ1) is 13.2. The van der Waals surface area contributed by atoms with Crippen LogP contribution in [0.1, 0.15) is 36.5 Å². The zero-order chi connectivity index (χ0) is 18.6. The summed E-state index contributed by atoms with van der Waals surface area (Å²) in [5.74, 6) is 0.811. The second kappa shape index (κ2) is 7.78. The number of anilines is 1. The lowest BCUT2D eigenvalue weighted by Crippen LogP contribution is -2.36. The zero-order valence-electron chi connectivity index (χ0n) is 15.5. The van der Waals surface area contributed by atoms with Gasteiger partial charge in [0.25, 0.3) is 5.91 Å². The quantitative estimate of drug-likeness (QED) is 0.886. The number of carbonyl (C=O) groups is 1. The van der Waals surface area contributed by atoms with E-state index in [4.69, 9.17) is 4.84 Å². The second-order valence-electron chi connectivity index (χ2n) is 6.95. The van der Waals surface area contributed by atoms with Gasteiger partial charge in [-0.3, -0.25) is 4.79 Å². The largest absolute Gasteiger partial charge is 0.382 e. The minimum absolute atomic E-state index is 0.124. The highest BCUT2D eigenvalue weighted by Crippen LogP contribution is 2.25. The van der Waals surface area contributed by atoms with E-state index in [9.17, 15) is 4.79 Å². The van der Waals surface area contributed by atoms with Gasteiger partial charge >= 0.3 is 0 Å². The van der Waals surface area contributed by atoms with Crippen molar-refractivity contribution in [3.8, 4) is 0 Å². The molecule has 0 fully saturated rings. The molecule has 4 rings (SSSR count). The summed E-state index contributed by atoms with van der Waals surface area (Å²) in [5, 5.41) is 6.94. The van der Waals surface area contributed by atoms with Gasteiger partial charge in [-0.1, -0.05) is 42.4 Å². The van der Waals surface area contributed by atoms with Gasteiger partial charge in [0.05, 0.1) is 5.71 Å². The Morgan fingerprint density at radius 3 is 2.93 bits per heavy atom. The van der Waals surface area contributed by atoms with E-state index in [-0.39, 0.29) is 5.91 Å². The molecule has 0 saturated carbocycles. The first kappa shape index (κ1) is 17.5. The summed E-state index contributed by atoms with van der Waals surface area (Å²) in [6.45, 7) is 4.21. The molecule has 3 heterocycles. The molecular formula is C21H24N4O2. The maximum Gasteiger partial charge on any atom is 0.264 e. The Labute approximate surface area is 159 Å². The third kappa shape index (κ3) is 3.79. The Kier molecular flexibility index (Phi) is 5.05. The number of benzene rings is 1. The molecule has 140 valence electrons. The molecule has 0 radical (unpaired) electrons. The van der Waals surface area contributed by atoms with Crippen LogP contribution in [0.2, 0.25) is 0 Å². The Bertz CT molecular complexity index is 865. The highest BCUT2D eigenvalue weighted by Gasteiger charge is 2.27. The molecule has 0 saturated heterocycles. The summed E-state index contributed by atoms with van der Waals surface area (Å²) in [6, 6.07) is 12.5. The number of pyridine rings is 1. The Morgan fingerprint density at radius 1 is 1.26 bits per heavy atom.